The highest BCUT2D eigenvalue weighted by Gasteiger charge is 2.10. The second-order valence-corrected chi connectivity index (χ2v) is 5.15. The highest BCUT2D eigenvalue weighted by molar-refractivity contribution is 9.10. The molecule has 1 N–H and O–H groups in total. The summed E-state index contributed by atoms with van der Waals surface area (Å²) < 4.78 is 0.872. The van der Waals surface area contributed by atoms with Gasteiger partial charge in [-0.3, -0.25) is 4.98 Å². The average molecular weight is 336 g/mol. The first-order chi connectivity index (χ1) is 9.77. The van der Waals surface area contributed by atoms with Gasteiger partial charge >= 0.3 is 0 Å². The fourth-order valence-electron chi connectivity index (χ4n) is 1.96. The van der Waals surface area contributed by atoms with Gasteiger partial charge < -0.3 is 5.11 Å². The number of aliphatic hydroxyl groups excluding tert-OH is 1. The van der Waals surface area contributed by atoms with Crippen LogP contribution in [0.25, 0.3) is 0 Å². The van der Waals surface area contributed by atoms with Crippen LogP contribution in [0.5, 0.6) is 0 Å². The van der Waals surface area contributed by atoms with Crippen LogP contribution >= 0.6 is 15.9 Å². The summed E-state index contributed by atoms with van der Waals surface area (Å²) in [6.07, 6.45) is 5.74. The highest BCUT2D eigenvalue weighted by atomic mass is 79.9. The smallest absolute Gasteiger partial charge is 0.0802 e. The zero-order valence-corrected chi connectivity index (χ0v) is 13.7. The number of benzene rings is 1. The Hall–Kier alpha value is -1.19. The molecule has 108 valence electrons. The second-order valence-electron chi connectivity index (χ2n) is 4.29. The van der Waals surface area contributed by atoms with Gasteiger partial charge in [0.15, 0.2) is 0 Å². The molecule has 1 unspecified atom stereocenters. The molecule has 0 spiro atoms. The summed E-state index contributed by atoms with van der Waals surface area (Å²) in [6.45, 7) is 4.00. The summed E-state index contributed by atoms with van der Waals surface area (Å²) in [4.78, 5) is 4.00. The van der Waals surface area contributed by atoms with E-state index < -0.39 is 6.10 Å². The molecular weight excluding hydrogens is 314 g/mol. The number of nitrogens with zero attached hydrogens (tertiary/aromatic N) is 1. The molecular formula is C17H22BrNO. The largest absolute Gasteiger partial charge is 0.388 e. The molecule has 1 aromatic carbocycles. The van der Waals surface area contributed by atoms with E-state index in [1.165, 1.54) is 5.56 Å². The first-order valence-corrected chi connectivity index (χ1v) is 7.88. The minimum absolute atomic E-state index is 0.425. The lowest BCUT2D eigenvalue weighted by Crippen LogP contribution is -2.00. The molecule has 0 bridgehead atoms. The molecule has 1 atom stereocenters. The van der Waals surface area contributed by atoms with E-state index in [4.69, 9.17) is 0 Å². The predicted octanol–water partition coefficient (Wildman–Crippen LogP) is 4.93. The quantitative estimate of drug-likeness (QED) is 0.840. The van der Waals surface area contributed by atoms with Crippen molar-refractivity contribution in [3.8, 4) is 0 Å². The average Bonchev–Trinajstić information content (AvgIpc) is 2.51. The van der Waals surface area contributed by atoms with Gasteiger partial charge in [-0.25, -0.2) is 0 Å². The maximum Gasteiger partial charge on any atom is 0.0802 e. The number of hydrogen-bond donors (Lipinski definition) is 1. The molecule has 2 aromatic rings. The van der Waals surface area contributed by atoms with Crippen LogP contribution in [-0.2, 0) is 6.42 Å². The third-order valence-electron chi connectivity index (χ3n) is 2.95. The number of aromatic nitrogens is 1. The fraction of sp³-hybridized carbons (Fsp3) is 0.353. The predicted molar refractivity (Wildman–Crippen MR) is 87.6 cm³/mol. The highest BCUT2D eigenvalue weighted by Crippen LogP contribution is 2.25. The van der Waals surface area contributed by atoms with Crippen molar-refractivity contribution in [1.29, 1.82) is 0 Å². The van der Waals surface area contributed by atoms with Crippen molar-refractivity contribution in [3.05, 3.63) is 64.4 Å². The van der Waals surface area contributed by atoms with E-state index in [-0.39, 0.29) is 0 Å². The number of aryl methyl sites for hydroxylation is 1. The Morgan fingerprint density at radius 1 is 1.15 bits per heavy atom. The van der Waals surface area contributed by atoms with Crippen molar-refractivity contribution in [2.24, 2.45) is 0 Å². The number of aliphatic hydroxyl groups is 1. The van der Waals surface area contributed by atoms with Crippen LogP contribution in [0.4, 0.5) is 0 Å². The van der Waals surface area contributed by atoms with Crippen molar-refractivity contribution in [1.82, 2.24) is 4.98 Å². The normalized spacial score (nSPS) is 11.4. The lowest BCUT2D eigenvalue weighted by Gasteiger charge is -2.12. The van der Waals surface area contributed by atoms with E-state index in [1.54, 1.807) is 12.4 Å². The molecule has 0 amide bonds. The van der Waals surface area contributed by atoms with Crippen LogP contribution < -0.4 is 0 Å². The number of rotatable bonds is 5. The minimum Gasteiger partial charge on any atom is -0.388 e. The molecule has 2 nitrogen and oxygen atoms in total. The number of halogens is 1. The Labute approximate surface area is 130 Å². The fourth-order valence-corrected chi connectivity index (χ4v) is 2.47. The summed E-state index contributed by atoms with van der Waals surface area (Å²) in [5, 5.41) is 10.1. The van der Waals surface area contributed by atoms with Gasteiger partial charge in [0, 0.05) is 16.9 Å². The summed E-state index contributed by atoms with van der Waals surface area (Å²) in [5.74, 6) is 0. The molecule has 0 aliphatic heterocycles. The summed E-state index contributed by atoms with van der Waals surface area (Å²) in [7, 11) is 0. The van der Waals surface area contributed by atoms with Crippen LogP contribution in [0.15, 0.2) is 53.3 Å². The Morgan fingerprint density at radius 3 is 2.50 bits per heavy atom. The maximum absolute atomic E-state index is 10.1. The van der Waals surface area contributed by atoms with Gasteiger partial charge in [0.05, 0.1) is 6.10 Å². The first kappa shape index (κ1) is 16.9. The molecule has 0 fully saturated rings. The van der Waals surface area contributed by atoms with Crippen molar-refractivity contribution < 1.29 is 5.11 Å². The van der Waals surface area contributed by atoms with Gasteiger partial charge in [-0.15, -0.1) is 0 Å². The molecule has 1 heterocycles. The zero-order chi connectivity index (χ0) is 14.8. The molecule has 0 saturated heterocycles. The second kappa shape index (κ2) is 9.67. The monoisotopic (exact) mass is 335 g/mol. The van der Waals surface area contributed by atoms with E-state index >= 15 is 0 Å². The molecule has 0 aliphatic carbocycles. The molecule has 20 heavy (non-hydrogen) atoms. The van der Waals surface area contributed by atoms with Crippen molar-refractivity contribution >= 4 is 15.9 Å². The molecule has 0 radical (unpaired) electrons. The summed E-state index contributed by atoms with van der Waals surface area (Å²) in [6, 6.07) is 12.2. The van der Waals surface area contributed by atoms with Crippen LogP contribution in [-0.4, -0.2) is 10.1 Å². The topological polar surface area (TPSA) is 33.1 Å². The van der Waals surface area contributed by atoms with Gasteiger partial charge in [-0.1, -0.05) is 44.2 Å². The molecule has 2 rings (SSSR count). The lowest BCUT2D eigenvalue weighted by molar-refractivity contribution is 0.164. The standard InChI is InChI=1S/C15H16BrNO.C2H6/c16-14-11-17-10-9-13(14)15(18)8-4-7-12-5-2-1-3-6-12;1-2/h1-3,5-6,9-11,15,18H,4,7-8H2;1-2H3. The number of hydrogen-bond acceptors (Lipinski definition) is 2. The third-order valence-corrected chi connectivity index (χ3v) is 3.61. The Kier molecular flexibility index (Phi) is 8.16. The van der Waals surface area contributed by atoms with Gasteiger partial charge in [0.2, 0.25) is 0 Å². The van der Waals surface area contributed by atoms with E-state index in [9.17, 15) is 5.11 Å². The van der Waals surface area contributed by atoms with E-state index in [1.807, 2.05) is 38.1 Å². The van der Waals surface area contributed by atoms with Gasteiger partial charge in [-0.05, 0) is 52.4 Å². The molecule has 0 saturated carbocycles. The van der Waals surface area contributed by atoms with Crippen molar-refractivity contribution in [3.63, 3.8) is 0 Å². The Balaban J connectivity index is 0.000000956. The number of pyridine rings is 1. The molecule has 0 aliphatic rings. The molecule has 3 heteroatoms. The van der Waals surface area contributed by atoms with E-state index in [2.05, 4.69) is 33.0 Å². The molecule has 1 aromatic heterocycles. The van der Waals surface area contributed by atoms with Crippen LogP contribution in [0.1, 0.15) is 43.9 Å². The maximum atomic E-state index is 10.1. The van der Waals surface area contributed by atoms with Crippen molar-refractivity contribution in [2.75, 3.05) is 0 Å². The van der Waals surface area contributed by atoms with Crippen LogP contribution in [0, 0.1) is 0 Å². The van der Waals surface area contributed by atoms with Crippen LogP contribution in [0.2, 0.25) is 0 Å². The van der Waals surface area contributed by atoms with Gasteiger partial charge in [-0.2, -0.15) is 0 Å². The first-order valence-electron chi connectivity index (χ1n) is 7.09. The van der Waals surface area contributed by atoms with E-state index in [0.29, 0.717) is 0 Å². The van der Waals surface area contributed by atoms with Gasteiger partial charge in [0.1, 0.15) is 0 Å². The zero-order valence-electron chi connectivity index (χ0n) is 12.1. The van der Waals surface area contributed by atoms with E-state index in [0.717, 1.165) is 29.3 Å². The summed E-state index contributed by atoms with van der Waals surface area (Å²) in [5.41, 5.74) is 2.23. The Bertz CT molecular complexity index is 487. The summed E-state index contributed by atoms with van der Waals surface area (Å²) >= 11 is 3.41. The van der Waals surface area contributed by atoms with Crippen LogP contribution in [0.3, 0.4) is 0 Å². The SMILES string of the molecule is CC.OC(CCCc1ccccc1)c1ccncc1Br. The third kappa shape index (κ3) is 5.43. The van der Waals surface area contributed by atoms with Gasteiger partial charge in [0.25, 0.3) is 0 Å². The lowest BCUT2D eigenvalue weighted by atomic mass is 10.0. The minimum atomic E-state index is -0.425. The van der Waals surface area contributed by atoms with Crippen molar-refractivity contribution in [2.45, 2.75) is 39.2 Å². The Morgan fingerprint density at radius 2 is 1.85 bits per heavy atom.